The SMILES string of the molecule is CCCc1sc(C(=O)OCC(=O)Nc2ccc(C(=O)N(C)C)cc2)cc1CC. The second-order valence-electron chi connectivity index (χ2n) is 6.56. The van der Waals surface area contributed by atoms with Gasteiger partial charge in [-0.3, -0.25) is 9.59 Å². The van der Waals surface area contributed by atoms with Crippen LogP contribution >= 0.6 is 11.3 Å². The summed E-state index contributed by atoms with van der Waals surface area (Å²) in [5.41, 5.74) is 2.23. The Morgan fingerprint density at radius 1 is 1.11 bits per heavy atom. The van der Waals surface area contributed by atoms with Crippen molar-refractivity contribution in [1.82, 2.24) is 4.90 Å². The Morgan fingerprint density at radius 2 is 1.79 bits per heavy atom. The van der Waals surface area contributed by atoms with E-state index in [-0.39, 0.29) is 12.5 Å². The fourth-order valence-corrected chi connectivity index (χ4v) is 3.91. The van der Waals surface area contributed by atoms with Gasteiger partial charge in [-0.05, 0) is 48.7 Å². The average Bonchev–Trinajstić information content (AvgIpc) is 3.09. The maximum Gasteiger partial charge on any atom is 0.348 e. The van der Waals surface area contributed by atoms with E-state index in [2.05, 4.69) is 19.2 Å². The molecule has 0 atom stereocenters. The molecule has 1 N–H and O–H groups in total. The number of anilines is 1. The van der Waals surface area contributed by atoms with Gasteiger partial charge >= 0.3 is 5.97 Å². The molecule has 28 heavy (non-hydrogen) atoms. The topological polar surface area (TPSA) is 75.7 Å². The van der Waals surface area contributed by atoms with Crippen LogP contribution in [0.1, 0.15) is 50.7 Å². The number of aryl methyl sites for hydroxylation is 2. The number of rotatable bonds is 8. The highest BCUT2D eigenvalue weighted by molar-refractivity contribution is 7.14. The van der Waals surface area contributed by atoms with Crippen molar-refractivity contribution in [3.63, 3.8) is 0 Å². The summed E-state index contributed by atoms with van der Waals surface area (Å²) in [6, 6.07) is 8.41. The summed E-state index contributed by atoms with van der Waals surface area (Å²) in [6.45, 7) is 3.80. The lowest BCUT2D eigenvalue weighted by molar-refractivity contribution is -0.119. The first-order chi connectivity index (χ1) is 13.3. The van der Waals surface area contributed by atoms with Crippen LogP contribution in [0, 0.1) is 0 Å². The predicted molar refractivity (Wildman–Crippen MR) is 111 cm³/mol. The molecule has 0 aliphatic rings. The highest BCUT2D eigenvalue weighted by Crippen LogP contribution is 2.25. The van der Waals surface area contributed by atoms with Crippen LogP contribution in [0.3, 0.4) is 0 Å². The Hall–Kier alpha value is -2.67. The molecule has 0 bridgehead atoms. The Balaban J connectivity index is 1.90. The number of carbonyl (C=O) groups is 3. The maximum absolute atomic E-state index is 12.2. The third-order valence-corrected chi connectivity index (χ3v) is 5.33. The summed E-state index contributed by atoms with van der Waals surface area (Å²) >= 11 is 1.44. The molecule has 0 aliphatic carbocycles. The van der Waals surface area contributed by atoms with Crippen LogP contribution in [0.5, 0.6) is 0 Å². The second-order valence-corrected chi connectivity index (χ2v) is 7.70. The highest BCUT2D eigenvalue weighted by atomic mass is 32.1. The highest BCUT2D eigenvalue weighted by Gasteiger charge is 2.16. The molecule has 2 aromatic rings. The van der Waals surface area contributed by atoms with Crippen molar-refractivity contribution in [3.8, 4) is 0 Å². The predicted octanol–water partition coefficient (Wildman–Crippen LogP) is 3.76. The number of benzene rings is 1. The monoisotopic (exact) mass is 402 g/mol. The van der Waals surface area contributed by atoms with Crippen molar-refractivity contribution in [1.29, 1.82) is 0 Å². The van der Waals surface area contributed by atoms with Crippen molar-refractivity contribution >= 4 is 34.8 Å². The molecule has 0 unspecified atom stereocenters. The van der Waals surface area contributed by atoms with Gasteiger partial charge in [0.05, 0.1) is 0 Å². The van der Waals surface area contributed by atoms with Gasteiger partial charge in [0.2, 0.25) is 0 Å². The van der Waals surface area contributed by atoms with Crippen LogP contribution in [-0.4, -0.2) is 43.4 Å². The number of carbonyl (C=O) groups excluding carboxylic acids is 3. The van der Waals surface area contributed by atoms with E-state index < -0.39 is 11.9 Å². The van der Waals surface area contributed by atoms with Crippen LogP contribution in [0.4, 0.5) is 5.69 Å². The van der Waals surface area contributed by atoms with Crippen molar-refractivity contribution in [2.24, 2.45) is 0 Å². The molecule has 2 amide bonds. The fourth-order valence-electron chi connectivity index (χ4n) is 2.66. The summed E-state index contributed by atoms with van der Waals surface area (Å²) in [4.78, 5) is 39.4. The summed E-state index contributed by atoms with van der Waals surface area (Å²) in [7, 11) is 3.35. The zero-order valence-electron chi connectivity index (χ0n) is 16.7. The van der Waals surface area contributed by atoms with Crippen LogP contribution < -0.4 is 5.32 Å². The van der Waals surface area contributed by atoms with Crippen LogP contribution in [0.15, 0.2) is 30.3 Å². The first-order valence-electron chi connectivity index (χ1n) is 9.26. The minimum Gasteiger partial charge on any atom is -0.451 e. The molecule has 0 radical (unpaired) electrons. The van der Waals surface area contributed by atoms with E-state index in [0.29, 0.717) is 16.1 Å². The molecule has 2 rings (SSSR count). The quantitative estimate of drug-likeness (QED) is 0.682. The number of esters is 1. The van der Waals surface area contributed by atoms with Gasteiger partial charge in [-0.1, -0.05) is 20.3 Å². The smallest absolute Gasteiger partial charge is 0.348 e. The van der Waals surface area contributed by atoms with Crippen molar-refractivity contribution in [2.75, 3.05) is 26.0 Å². The van der Waals surface area contributed by atoms with Gasteiger partial charge < -0.3 is 15.0 Å². The number of thiophene rings is 1. The number of nitrogens with one attached hydrogen (secondary N) is 1. The van der Waals surface area contributed by atoms with Gasteiger partial charge in [-0.15, -0.1) is 11.3 Å². The molecule has 0 saturated carbocycles. The van der Waals surface area contributed by atoms with E-state index in [0.717, 1.165) is 24.8 Å². The molecular weight excluding hydrogens is 376 g/mol. The number of ether oxygens (including phenoxy) is 1. The molecule has 1 aromatic carbocycles. The van der Waals surface area contributed by atoms with E-state index in [1.54, 1.807) is 38.4 Å². The Morgan fingerprint density at radius 3 is 2.36 bits per heavy atom. The first-order valence-corrected chi connectivity index (χ1v) is 10.1. The zero-order valence-corrected chi connectivity index (χ0v) is 17.5. The molecule has 1 heterocycles. The molecule has 0 fully saturated rings. The zero-order chi connectivity index (χ0) is 20.7. The minimum atomic E-state index is -0.482. The Labute approximate surface area is 169 Å². The molecule has 0 saturated heterocycles. The van der Waals surface area contributed by atoms with Crippen LogP contribution in [0.2, 0.25) is 0 Å². The van der Waals surface area contributed by atoms with Gasteiger partial charge in [0.25, 0.3) is 11.8 Å². The van der Waals surface area contributed by atoms with Gasteiger partial charge in [0.15, 0.2) is 6.61 Å². The number of amides is 2. The molecule has 1 aromatic heterocycles. The maximum atomic E-state index is 12.2. The van der Waals surface area contributed by atoms with E-state index in [9.17, 15) is 14.4 Å². The molecule has 7 heteroatoms. The Bertz CT molecular complexity index is 841. The molecule has 150 valence electrons. The number of nitrogens with zero attached hydrogens (tertiary/aromatic N) is 1. The minimum absolute atomic E-state index is 0.114. The van der Waals surface area contributed by atoms with E-state index >= 15 is 0 Å². The number of hydrogen-bond acceptors (Lipinski definition) is 5. The van der Waals surface area contributed by atoms with Crippen LogP contribution in [-0.2, 0) is 22.4 Å². The van der Waals surface area contributed by atoms with Crippen molar-refractivity contribution < 1.29 is 19.1 Å². The van der Waals surface area contributed by atoms with Gasteiger partial charge in [0, 0.05) is 30.2 Å². The lowest BCUT2D eigenvalue weighted by Gasteiger charge is -2.11. The van der Waals surface area contributed by atoms with Crippen LogP contribution in [0.25, 0.3) is 0 Å². The summed E-state index contributed by atoms with van der Waals surface area (Å²) in [5.74, 6) is -1.03. The van der Waals surface area contributed by atoms with E-state index in [1.165, 1.54) is 21.1 Å². The molecular formula is C21H26N2O4S. The third kappa shape index (κ3) is 5.66. The second kappa shape index (κ2) is 10.0. The van der Waals surface area contributed by atoms with Crippen molar-refractivity contribution in [2.45, 2.75) is 33.1 Å². The Kier molecular flexibility index (Phi) is 7.75. The summed E-state index contributed by atoms with van der Waals surface area (Å²) in [6.07, 6.45) is 2.82. The fraction of sp³-hybridized carbons (Fsp3) is 0.381. The molecule has 6 nitrogen and oxygen atoms in total. The standard InChI is InChI=1S/C21H26N2O4S/c1-5-7-17-14(6-2)12-18(28-17)21(26)27-13-19(24)22-16-10-8-15(9-11-16)20(25)23(3)4/h8-12H,5-7,13H2,1-4H3,(H,22,24). The molecule has 0 spiro atoms. The summed E-state index contributed by atoms with van der Waals surface area (Å²) < 4.78 is 5.15. The lowest BCUT2D eigenvalue weighted by atomic mass is 10.1. The van der Waals surface area contributed by atoms with Gasteiger partial charge in [-0.25, -0.2) is 4.79 Å². The first kappa shape index (κ1) is 21.6. The average molecular weight is 403 g/mol. The number of hydrogen-bond donors (Lipinski definition) is 1. The van der Waals surface area contributed by atoms with Crippen molar-refractivity contribution in [3.05, 3.63) is 51.2 Å². The largest absolute Gasteiger partial charge is 0.451 e. The van der Waals surface area contributed by atoms with E-state index in [4.69, 9.17) is 4.74 Å². The van der Waals surface area contributed by atoms with Gasteiger partial charge in [-0.2, -0.15) is 0 Å². The van der Waals surface area contributed by atoms with E-state index in [1.807, 2.05) is 6.07 Å². The van der Waals surface area contributed by atoms with Gasteiger partial charge in [0.1, 0.15) is 4.88 Å². The molecule has 0 aliphatic heterocycles. The normalized spacial score (nSPS) is 10.4. The third-order valence-electron chi connectivity index (χ3n) is 4.11. The lowest BCUT2D eigenvalue weighted by Crippen LogP contribution is -2.22. The summed E-state index contributed by atoms with van der Waals surface area (Å²) in [5, 5.41) is 2.65.